The van der Waals surface area contributed by atoms with Gasteiger partial charge in [0.15, 0.2) is 0 Å². The van der Waals surface area contributed by atoms with E-state index in [1.807, 2.05) is 31.1 Å². The van der Waals surface area contributed by atoms with Gasteiger partial charge >= 0.3 is 0 Å². The number of nitrogens with one attached hydrogen (secondary N) is 2. The van der Waals surface area contributed by atoms with Gasteiger partial charge in [0.2, 0.25) is 11.8 Å². The van der Waals surface area contributed by atoms with Gasteiger partial charge in [-0.3, -0.25) is 19.2 Å². The molecule has 10 heteroatoms. The molecule has 2 aliphatic heterocycles. The van der Waals surface area contributed by atoms with Crippen molar-refractivity contribution in [2.24, 2.45) is 0 Å². The van der Waals surface area contributed by atoms with Crippen molar-refractivity contribution >= 4 is 29.3 Å². The quantitative estimate of drug-likeness (QED) is 0.606. The summed E-state index contributed by atoms with van der Waals surface area (Å²) >= 11 is 0. The summed E-state index contributed by atoms with van der Waals surface area (Å²) in [7, 11) is 5.38. The molecule has 4 rings (SSSR count). The Bertz CT molecular complexity index is 1150. The smallest absolute Gasteiger partial charge is 0.254 e. The molecule has 0 bridgehead atoms. The Balaban J connectivity index is 1.56. The fourth-order valence-electron chi connectivity index (χ4n) is 4.60. The molecule has 37 heavy (non-hydrogen) atoms. The molecule has 2 heterocycles. The van der Waals surface area contributed by atoms with Crippen LogP contribution >= 0.6 is 0 Å². The highest BCUT2D eigenvalue weighted by atomic mass is 16.5. The van der Waals surface area contributed by atoms with E-state index in [1.54, 1.807) is 48.4 Å². The Hall–Kier alpha value is -4.08. The van der Waals surface area contributed by atoms with E-state index < -0.39 is 18.0 Å². The number of ether oxygens (including phenoxy) is 1. The average molecular weight is 508 g/mol. The van der Waals surface area contributed by atoms with Gasteiger partial charge < -0.3 is 30.1 Å². The molecule has 2 N–H and O–H groups in total. The van der Waals surface area contributed by atoms with E-state index in [0.29, 0.717) is 29.8 Å². The molecule has 2 aromatic carbocycles. The Labute approximate surface area is 216 Å². The van der Waals surface area contributed by atoms with Crippen LogP contribution in [0.3, 0.4) is 0 Å². The normalized spacial score (nSPS) is 19.6. The van der Waals surface area contributed by atoms with Gasteiger partial charge in [0.05, 0.1) is 13.7 Å². The van der Waals surface area contributed by atoms with Gasteiger partial charge in [0.1, 0.15) is 17.8 Å². The molecule has 2 fully saturated rings. The number of anilines is 1. The maximum atomic E-state index is 13.5. The first kappa shape index (κ1) is 26.0. The van der Waals surface area contributed by atoms with Gasteiger partial charge in [-0.25, -0.2) is 0 Å². The molecule has 0 radical (unpaired) electrons. The second kappa shape index (κ2) is 11.3. The lowest BCUT2D eigenvalue weighted by Crippen LogP contribution is -2.63. The number of amides is 4. The number of benzene rings is 2. The second-order valence-corrected chi connectivity index (χ2v) is 9.43. The van der Waals surface area contributed by atoms with E-state index in [-0.39, 0.29) is 37.4 Å². The van der Waals surface area contributed by atoms with Crippen molar-refractivity contribution in [2.45, 2.75) is 24.9 Å². The van der Waals surface area contributed by atoms with Gasteiger partial charge in [-0.05, 0) is 61.4 Å². The summed E-state index contributed by atoms with van der Waals surface area (Å²) in [5, 5.41) is 5.57. The zero-order valence-corrected chi connectivity index (χ0v) is 21.4. The predicted octanol–water partition coefficient (Wildman–Crippen LogP) is 1.12. The minimum absolute atomic E-state index is 0.0204. The van der Waals surface area contributed by atoms with Crippen LogP contribution in [0.1, 0.15) is 33.6 Å². The summed E-state index contributed by atoms with van der Waals surface area (Å²) < 4.78 is 5.17. The molecule has 0 aromatic heterocycles. The molecule has 0 spiro atoms. The van der Waals surface area contributed by atoms with Gasteiger partial charge in [-0.2, -0.15) is 0 Å². The van der Waals surface area contributed by atoms with Crippen molar-refractivity contribution in [3.8, 4) is 5.75 Å². The SMILES string of the molecule is COc1ccc(C(=O)N2CCN(C(=O)c3ccc(N(C)C)cc3)[C@@H](C(=O)N[C@H]3CCCNC3=O)C2)cc1. The van der Waals surface area contributed by atoms with Gasteiger partial charge in [0, 0.05) is 50.5 Å². The molecule has 10 nitrogen and oxygen atoms in total. The van der Waals surface area contributed by atoms with Gasteiger partial charge in [0.25, 0.3) is 11.8 Å². The van der Waals surface area contributed by atoms with E-state index in [0.717, 1.165) is 12.1 Å². The van der Waals surface area contributed by atoms with Crippen molar-refractivity contribution in [3.63, 3.8) is 0 Å². The number of piperazine rings is 1. The standard InChI is InChI=1S/C27H33N5O5/c1-30(2)20-10-6-19(7-11-20)27(36)32-16-15-31(26(35)18-8-12-21(37-3)13-9-18)17-23(32)25(34)29-22-5-4-14-28-24(22)33/h6-13,22-23H,4-5,14-17H2,1-3H3,(H,28,33)(H,29,34)/t22-,23+/m0/s1. The van der Waals surface area contributed by atoms with Crippen molar-refractivity contribution in [3.05, 3.63) is 59.7 Å². The lowest BCUT2D eigenvalue weighted by atomic mass is 10.0. The lowest BCUT2D eigenvalue weighted by molar-refractivity contribution is -0.133. The Kier molecular flexibility index (Phi) is 7.95. The molecule has 196 valence electrons. The molecular weight excluding hydrogens is 474 g/mol. The molecular formula is C27H33N5O5. The maximum absolute atomic E-state index is 13.5. The monoisotopic (exact) mass is 507 g/mol. The molecule has 2 atom stereocenters. The number of rotatable bonds is 6. The summed E-state index contributed by atoms with van der Waals surface area (Å²) in [6, 6.07) is 12.3. The molecule has 2 aromatic rings. The summed E-state index contributed by atoms with van der Waals surface area (Å²) in [4.78, 5) is 57.5. The topological polar surface area (TPSA) is 111 Å². The van der Waals surface area contributed by atoms with E-state index >= 15 is 0 Å². The van der Waals surface area contributed by atoms with Crippen molar-refractivity contribution in [1.29, 1.82) is 0 Å². The number of hydrogen-bond acceptors (Lipinski definition) is 6. The zero-order valence-electron chi connectivity index (χ0n) is 21.4. The summed E-state index contributed by atoms with van der Waals surface area (Å²) in [5.41, 5.74) is 1.86. The van der Waals surface area contributed by atoms with Gasteiger partial charge in [-0.15, -0.1) is 0 Å². The van der Waals surface area contributed by atoms with Crippen LogP contribution in [0.5, 0.6) is 5.75 Å². The first-order valence-corrected chi connectivity index (χ1v) is 12.4. The van der Waals surface area contributed by atoms with Gasteiger partial charge in [-0.1, -0.05) is 0 Å². The average Bonchev–Trinajstić information content (AvgIpc) is 2.93. The Morgan fingerprint density at radius 3 is 2.24 bits per heavy atom. The van der Waals surface area contributed by atoms with E-state index in [2.05, 4.69) is 10.6 Å². The third kappa shape index (κ3) is 5.84. The second-order valence-electron chi connectivity index (χ2n) is 9.43. The largest absolute Gasteiger partial charge is 0.497 e. The van der Waals surface area contributed by atoms with Crippen LogP contribution in [0.15, 0.2) is 48.5 Å². The van der Waals surface area contributed by atoms with Crippen molar-refractivity contribution < 1.29 is 23.9 Å². The third-order valence-electron chi connectivity index (χ3n) is 6.80. The van der Waals surface area contributed by atoms with Crippen LogP contribution in [0.25, 0.3) is 0 Å². The minimum atomic E-state index is -0.938. The predicted molar refractivity (Wildman–Crippen MR) is 139 cm³/mol. The van der Waals surface area contributed by atoms with E-state index in [1.165, 1.54) is 4.90 Å². The zero-order chi connectivity index (χ0) is 26.5. The molecule has 2 saturated heterocycles. The van der Waals surface area contributed by atoms with Crippen molar-refractivity contribution in [2.75, 3.05) is 52.3 Å². The molecule has 0 saturated carbocycles. The highest BCUT2D eigenvalue weighted by molar-refractivity contribution is 6.00. The number of hydrogen-bond donors (Lipinski definition) is 2. The van der Waals surface area contributed by atoms with Crippen LogP contribution in [-0.4, -0.2) is 92.9 Å². The van der Waals surface area contributed by atoms with Crippen LogP contribution < -0.4 is 20.3 Å². The van der Waals surface area contributed by atoms with E-state index in [9.17, 15) is 19.2 Å². The Morgan fingerprint density at radius 1 is 0.973 bits per heavy atom. The van der Waals surface area contributed by atoms with Crippen LogP contribution in [0.4, 0.5) is 5.69 Å². The first-order valence-electron chi connectivity index (χ1n) is 12.4. The minimum Gasteiger partial charge on any atom is -0.497 e. The highest BCUT2D eigenvalue weighted by Crippen LogP contribution is 2.20. The van der Waals surface area contributed by atoms with Crippen LogP contribution in [-0.2, 0) is 9.59 Å². The Morgan fingerprint density at radius 2 is 1.62 bits per heavy atom. The number of methoxy groups -OCH3 is 1. The first-order chi connectivity index (χ1) is 17.8. The van der Waals surface area contributed by atoms with E-state index in [4.69, 9.17) is 4.74 Å². The number of piperidine rings is 1. The number of nitrogens with zero attached hydrogens (tertiary/aromatic N) is 3. The molecule has 0 aliphatic carbocycles. The number of carbonyl (C=O) groups is 4. The summed E-state index contributed by atoms with van der Waals surface area (Å²) in [6.07, 6.45) is 1.28. The van der Waals surface area contributed by atoms with Crippen LogP contribution in [0.2, 0.25) is 0 Å². The molecule has 0 unspecified atom stereocenters. The van der Waals surface area contributed by atoms with Crippen LogP contribution in [0, 0.1) is 0 Å². The fraction of sp³-hybridized carbons (Fsp3) is 0.407. The third-order valence-corrected chi connectivity index (χ3v) is 6.80. The summed E-state index contributed by atoms with van der Waals surface area (Å²) in [5.74, 6) is -0.588. The highest BCUT2D eigenvalue weighted by Gasteiger charge is 2.39. The fourth-order valence-corrected chi connectivity index (χ4v) is 4.60. The molecule has 4 amide bonds. The van der Waals surface area contributed by atoms with Crippen molar-refractivity contribution in [1.82, 2.24) is 20.4 Å². The molecule has 2 aliphatic rings. The summed E-state index contributed by atoms with van der Waals surface area (Å²) in [6.45, 7) is 1.06. The lowest BCUT2D eigenvalue weighted by Gasteiger charge is -2.41. The number of carbonyl (C=O) groups excluding carboxylic acids is 4. The maximum Gasteiger partial charge on any atom is 0.254 e.